The van der Waals surface area contributed by atoms with E-state index in [2.05, 4.69) is 9.51 Å². The summed E-state index contributed by atoms with van der Waals surface area (Å²) >= 11 is 0. The van der Waals surface area contributed by atoms with E-state index in [0.29, 0.717) is 0 Å². The van der Waals surface area contributed by atoms with Crippen molar-refractivity contribution in [2.45, 2.75) is 24.5 Å². The first-order chi connectivity index (χ1) is 10.7. The number of aromatic nitrogens is 2. The Balaban J connectivity index is 1.85. The lowest BCUT2D eigenvalue weighted by atomic mass is 10.1. The fraction of sp³-hybridized carbons (Fsp3) is 0.500. The lowest BCUT2D eigenvalue weighted by molar-refractivity contribution is -0.0726. The summed E-state index contributed by atoms with van der Waals surface area (Å²) in [6.07, 6.45) is -3.78. The highest BCUT2D eigenvalue weighted by atomic mass is 31.2. The van der Waals surface area contributed by atoms with E-state index in [-0.39, 0.29) is 5.82 Å². The van der Waals surface area contributed by atoms with Crippen molar-refractivity contribution in [3.8, 4) is 0 Å². The summed E-state index contributed by atoms with van der Waals surface area (Å²) in [5, 5.41) is 0. The van der Waals surface area contributed by atoms with Crippen molar-refractivity contribution in [3.05, 3.63) is 22.7 Å². The number of nitrogens with zero attached hydrogens (tertiary/aromatic N) is 2. The summed E-state index contributed by atoms with van der Waals surface area (Å²) in [6.45, 7) is -0.560. The van der Waals surface area contributed by atoms with Crippen molar-refractivity contribution in [2.75, 3.05) is 12.3 Å². The summed E-state index contributed by atoms with van der Waals surface area (Å²) in [5.41, 5.74) is 4.65. The van der Waals surface area contributed by atoms with Crippen LogP contribution in [-0.4, -0.2) is 50.4 Å². The number of fused-ring (bicyclic) bond motifs is 1. The number of nitrogens with two attached hydrogens (primary N) is 1. The Morgan fingerprint density at radius 2 is 2.04 bits per heavy atom. The summed E-state index contributed by atoms with van der Waals surface area (Å²) in [5.74, 6) is 0.00171. The molecule has 126 valence electrons. The molecule has 4 atom stereocenters. The Kier molecular flexibility index (Phi) is 3.86. The number of hydrogen-bond donors (Lipinski definition) is 3. The Labute approximate surface area is 128 Å². The SMILES string of the molecule is Nc1ccn([C@@H]2O[C@H](COP(=O)(O)O)[C@H]3OC(=O)O[C@H]32)c(=O)n1. The molecule has 0 saturated carbocycles. The Morgan fingerprint density at radius 1 is 1.35 bits per heavy atom. The van der Waals surface area contributed by atoms with Crippen LogP contribution >= 0.6 is 7.82 Å². The van der Waals surface area contributed by atoms with E-state index >= 15 is 0 Å². The first kappa shape index (κ1) is 15.9. The number of carbonyl (C=O) groups is 1. The Hall–Kier alpha value is -1.98. The molecule has 0 aromatic carbocycles. The van der Waals surface area contributed by atoms with Gasteiger partial charge in [-0.3, -0.25) is 9.09 Å². The van der Waals surface area contributed by atoms with Crippen molar-refractivity contribution in [3.63, 3.8) is 0 Å². The van der Waals surface area contributed by atoms with Crippen LogP contribution in [-0.2, 0) is 23.3 Å². The zero-order valence-corrected chi connectivity index (χ0v) is 12.2. The number of phosphoric ester groups is 1. The second kappa shape index (κ2) is 5.58. The van der Waals surface area contributed by atoms with Crippen molar-refractivity contribution in [2.24, 2.45) is 0 Å². The molecular weight excluding hydrogens is 337 g/mol. The monoisotopic (exact) mass is 349 g/mol. The number of carbonyl (C=O) groups excluding carboxylic acids is 1. The molecule has 13 heteroatoms. The molecule has 4 N–H and O–H groups in total. The van der Waals surface area contributed by atoms with E-state index in [1.165, 1.54) is 12.3 Å². The third-order valence-electron chi connectivity index (χ3n) is 3.28. The molecule has 12 nitrogen and oxygen atoms in total. The molecule has 0 unspecified atom stereocenters. The lowest BCUT2D eigenvalue weighted by Gasteiger charge is -2.18. The standard InChI is InChI=1S/C10H12N3O9P/c11-5-1-2-13(9(14)12-5)8-7-6(21-10(15)22-7)4(20-8)3-19-23(16,17)18/h1-2,4,6-8H,3H2,(H2,11,12,14)(H2,16,17,18)/t4-,6-,7-,8-/m1/s1. The Morgan fingerprint density at radius 3 is 2.70 bits per heavy atom. The fourth-order valence-corrected chi connectivity index (χ4v) is 2.72. The summed E-state index contributed by atoms with van der Waals surface area (Å²) in [7, 11) is -4.74. The van der Waals surface area contributed by atoms with Gasteiger partial charge in [-0.05, 0) is 6.07 Å². The average Bonchev–Trinajstić information content (AvgIpc) is 2.94. The number of ether oxygens (including phenoxy) is 3. The third-order valence-corrected chi connectivity index (χ3v) is 3.77. The number of phosphoric acid groups is 1. The first-order valence-electron chi connectivity index (χ1n) is 6.32. The van der Waals surface area contributed by atoms with Gasteiger partial charge in [0.2, 0.25) is 0 Å². The van der Waals surface area contributed by atoms with E-state index in [1.807, 2.05) is 0 Å². The highest BCUT2D eigenvalue weighted by molar-refractivity contribution is 7.46. The molecule has 3 rings (SSSR count). The zero-order valence-electron chi connectivity index (χ0n) is 11.3. The van der Waals surface area contributed by atoms with Crippen LogP contribution in [0.2, 0.25) is 0 Å². The smallest absolute Gasteiger partial charge is 0.424 e. The highest BCUT2D eigenvalue weighted by Crippen LogP contribution is 2.41. The maximum Gasteiger partial charge on any atom is 0.509 e. The van der Waals surface area contributed by atoms with Gasteiger partial charge < -0.3 is 29.7 Å². The highest BCUT2D eigenvalue weighted by Gasteiger charge is 2.55. The molecule has 1 aromatic heterocycles. The van der Waals surface area contributed by atoms with Crippen molar-refractivity contribution < 1.29 is 37.9 Å². The molecule has 0 bridgehead atoms. The lowest BCUT2D eigenvalue weighted by Crippen LogP contribution is -2.34. The molecule has 0 amide bonds. The van der Waals surface area contributed by atoms with E-state index in [1.54, 1.807) is 0 Å². The molecule has 3 heterocycles. The number of hydrogen-bond acceptors (Lipinski definition) is 9. The van der Waals surface area contributed by atoms with Crippen molar-refractivity contribution in [1.82, 2.24) is 9.55 Å². The fourth-order valence-electron chi connectivity index (χ4n) is 2.37. The molecule has 2 saturated heterocycles. The number of anilines is 1. The van der Waals surface area contributed by atoms with Gasteiger partial charge in [-0.25, -0.2) is 14.2 Å². The minimum absolute atomic E-state index is 0.00171. The van der Waals surface area contributed by atoms with Gasteiger partial charge >= 0.3 is 19.7 Å². The largest absolute Gasteiger partial charge is 0.509 e. The van der Waals surface area contributed by atoms with E-state index < -0.39 is 50.8 Å². The molecule has 0 aliphatic carbocycles. The van der Waals surface area contributed by atoms with Crippen LogP contribution in [0.5, 0.6) is 0 Å². The molecule has 2 aliphatic rings. The first-order valence-corrected chi connectivity index (χ1v) is 7.85. The molecule has 2 fully saturated rings. The minimum atomic E-state index is -4.74. The Bertz CT molecular complexity index is 731. The predicted molar refractivity (Wildman–Crippen MR) is 70.0 cm³/mol. The molecular formula is C10H12N3O9P. The maximum atomic E-state index is 11.9. The average molecular weight is 349 g/mol. The molecule has 0 radical (unpaired) electrons. The number of rotatable bonds is 4. The van der Waals surface area contributed by atoms with E-state index in [0.717, 1.165) is 4.57 Å². The van der Waals surface area contributed by atoms with E-state index in [9.17, 15) is 14.2 Å². The molecule has 1 aromatic rings. The summed E-state index contributed by atoms with van der Waals surface area (Å²) in [4.78, 5) is 44.2. The summed E-state index contributed by atoms with van der Waals surface area (Å²) < 4.78 is 31.5. The van der Waals surface area contributed by atoms with Gasteiger partial charge in [-0.2, -0.15) is 4.98 Å². The third kappa shape index (κ3) is 3.21. The van der Waals surface area contributed by atoms with Gasteiger partial charge in [0.05, 0.1) is 6.61 Å². The van der Waals surface area contributed by atoms with Gasteiger partial charge in [0.15, 0.2) is 18.4 Å². The normalized spacial score (nSPS) is 29.9. The van der Waals surface area contributed by atoms with Gasteiger partial charge in [0.1, 0.15) is 11.9 Å². The van der Waals surface area contributed by atoms with Crippen LogP contribution < -0.4 is 11.4 Å². The minimum Gasteiger partial charge on any atom is -0.424 e. The maximum absolute atomic E-state index is 11.9. The topological polar surface area (TPSA) is 172 Å². The van der Waals surface area contributed by atoms with Crippen LogP contribution in [0.4, 0.5) is 10.6 Å². The summed E-state index contributed by atoms with van der Waals surface area (Å²) in [6, 6.07) is 1.34. The van der Waals surface area contributed by atoms with Gasteiger partial charge in [0.25, 0.3) is 0 Å². The van der Waals surface area contributed by atoms with Gasteiger partial charge in [0, 0.05) is 6.20 Å². The van der Waals surface area contributed by atoms with Crippen LogP contribution in [0.1, 0.15) is 6.23 Å². The second-order valence-corrected chi connectivity index (χ2v) is 6.05. The quantitative estimate of drug-likeness (QED) is 0.437. The molecule has 0 spiro atoms. The van der Waals surface area contributed by atoms with Crippen LogP contribution in [0.25, 0.3) is 0 Å². The van der Waals surface area contributed by atoms with E-state index in [4.69, 9.17) is 29.7 Å². The van der Waals surface area contributed by atoms with Crippen LogP contribution in [0.15, 0.2) is 17.1 Å². The van der Waals surface area contributed by atoms with Crippen molar-refractivity contribution >= 4 is 19.8 Å². The van der Waals surface area contributed by atoms with Gasteiger partial charge in [-0.1, -0.05) is 0 Å². The van der Waals surface area contributed by atoms with Gasteiger partial charge in [-0.15, -0.1) is 0 Å². The van der Waals surface area contributed by atoms with Crippen LogP contribution in [0.3, 0.4) is 0 Å². The zero-order chi connectivity index (χ0) is 16.8. The molecule has 2 aliphatic heterocycles. The van der Waals surface area contributed by atoms with Crippen molar-refractivity contribution in [1.29, 1.82) is 0 Å². The molecule has 23 heavy (non-hydrogen) atoms. The second-order valence-electron chi connectivity index (χ2n) is 4.81. The van der Waals surface area contributed by atoms with Crippen LogP contribution in [0, 0.1) is 0 Å². The number of nitrogen functional groups attached to an aromatic ring is 1. The predicted octanol–water partition coefficient (Wildman–Crippen LogP) is -1.26.